The number of carboxylic acid groups (broad SMARTS) is 1. The SMILES string of the molecule is CC(CCCNC(=O)OCC1c2ccccc2-c2ccccc21)C(=O)NC1CCCC1C(=O)O. The third-order valence-electron chi connectivity index (χ3n) is 7.04. The molecule has 0 aromatic heterocycles. The number of aliphatic carboxylic acids is 1. The number of carbonyl (C=O) groups excluding carboxylic acids is 2. The van der Waals surface area contributed by atoms with E-state index in [0.29, 0.717) is 32.2 Å². The Balaban J connectivity index is 1.18. The van der Waals surface area contributed by atoms with Crippen LogP contribution < -0.4 is 10.6 Å². The van der Waals surface area contributed by atoms with Crippen molar-refractivity contribution in [1.82, 2.24) is 10.6 Å². The molecule has 2 aromatic rings. The highest BCUT2D eigenvalue weighted by Crippen LogP contribution is 2.44. The summed E-state index contributed by atoms with van der Waals surface area (Å²) in [6.07, 6.45) is 2.90. The van der Waals surface area contributed by atoms with Crippen LogP contribution in [0.15, 0.2) is 48.5 Å². The third-order valence-corrected chi connectivity index (χ3v) is 7.04. The zero-order chi connectivity index (χ0) is 24.1. The minimum atomic E-state index is -0.845. The Morgan fingerprint density at radius 3 is 2.32 bits per heavy atom. The maximum absolute atomic E-state index is 12.4. The van der Waals surface area contributed by atoms with E-state index in [4.69, 9.17) is 4.74 Å². The minimum absolute atomic E-state index is 0.0204. The standard InChI is InChI=1S/C27H32N2O5/c1-17(25(30)29-24-14-6-13-22(24)26(31)32)8-7-15-28-27(33)34-16-23-20-11-4-2-9-18(20)19-10-3-5-12-21(19)23/h2-5,9-12,17,22-24H,6-8,13-16H2,1H3,(H,28,33)(H,29,30)(H,31,32). The van der Waals surface area contributed by atoms with Gasteiger partial charge in [-0.05, 0) is 47.9 Å². The highest BCUT2D eigenvalue weighted by molar-refractivity contribution is 5.80. The van der Waals surface area contributed by atoms with Gasteiger partial charge in [0, 0.05) is 24.4 Å². The maximum Gasteiger partial charge on any atom is 0.407 e. The summed E-state index contributed by atoms with van der Waals surface area (Å²) in [5.74, 6) is -1.69. The molecule has 0 radical (unpaired) electrons. The summed E-state index contributed by atoms with van der Waals surface area (Å²) in [4.78, 5) is 36.0. The highest BCUT2D eigenvalue weighted by Gasteiger charge is 2.34. The molecule has 0 spiro atoms. The minimum Gasteiger partial charge on any atom is -0.481 e. The lowest BCUT2D eigenvalue weighted by Crippen LogP contribution is -2.42. The van der Waals surface area contributed by atoms with Crippen molar-refractivity contribution in [2.45, 2.75) is 51.0 Å². The molecular formula is C27H32N2O5. The van der Waals surface area contributed by atoms with Crippen LogP contribution >= 0.6 is 0 Å². The number of hydrogen-bond donors (Lipinski definition) is 3. The number of nitrogens with one attached hydrogen (secondary N) is 2. The van der Waals surface area contributed by atoms with Crippen LogP contribution in [0.3, 0.4) is 0 Å². The van der Waals surface area contributed by atoms with Crippen molar-refractivity contribution in [1.29, 1.82) is 0 Å². The molecule has 2 aliphatic rings. The normalized spacial score (nSPS) is 19.7. The van der Waals surface area contributed by atoms with Gasteiger partial charge in [0.05, 0.1) is 5.92 Å². The zero-order valence-electron chi connectivity index (χ0n) is 19.5. The summed E-state index contributed by atoms with van der Waals surface area (Å²) in [6.45, 7) is 2.51. The van der Waals surface area contributed by atoms with Gasteiger partial charge in [-0.1, -0.05) is 61.9 Å². The number of hydrogen-bond acceptors (Lipinski definition) is 4. The van der Waals surface area contributed by atoms with E-state index < -0.39 is 18.0 Å². The molecule has 34 heavy (non-hydrogen) atoms. The van der Waals surface area contributed by atoms with Gasteiger partial charge < -0.3 is 20.5 Å². The van der Waals surface area contributed by atoms with Crippen molar-refractivity contribution in [2.75, 3.05) is 13.2 Å². The topological polar surface area (TPSA) is 105 Å². The number of alkyl carbamates (subject to hydrolysis) is 1. The van der Waals surface area contributed by atoms with E-state index in [1.165, 1.54) is 22.3 Å². The van der Waals surface area contributed by atoms with Crippen LogP contribution in [0.5, 0.6) is 0 Å². The van der Waals surface area contributed by atoms with E-state index in [0.717, 1.165) is 6.42 Å². The number of carbonyl (C=O) groups is 3. The Bertz CT molecular complexity index is 1010. The number of amides is 2. The average molecular weight is 465 g/mol. The summed E-state index contributed by atoms with van der Waals surface area (Å²) in [5.41, 5.74) is 4.71. The van der Waals surface area contributed by atoms with Crippen LogP contribution in [-0.2, 0) is 14.3 Å². The molecule has 3 unspecified atom stereocenters. The predicted molar refractivity (Wildman–Crippen MR) is 128 cm³/mol. The number of benzene rings is 2. The molecule has 0 bridgehead atoms. The smallest absolute Gasteiger partial charge is 0.407 e. The summed E-state index contributed by atoms with van der Waals surface area (Å²) >= 11 is 0. The maximum atomic E-state index is 12.4. The lowest BCUT2D eigenvalue weighted by molar-refractivity contribution is -0.142. The van der Waals surface area contributed by atoms with Gasteiger partial charge in [0.25, 0.3) is 0 Å². The quantitative estimate of drug-likeness (QED) is 0.480. The van der Waals surface area contributed by atoms with E-state index >= 15 is 0 Å². The van der Waals surface area contributed by atoms with Crippen molar-refractivity contribution >= 4 is 18.0 Å². The van der Waals surface area contributed by atoms with E-state index in [-0.39, 0.29) is 30.4 Å². The number of rotatable bonds is 9. The Kier molecular flexibility index (Phi) is 7.50. The Hall–Kier alpha value is -3.35. The molecule has 0 heterocycles. The first-order valence-corrected chi connectivity index (χ1v) is 12.1. The molecule has 2 aliphatic carbocycles. The second-order valence-corrected chi connectivity index (χ2v) is 9.29. The van der Waals surface area contributed by atoms with Gasteiger partial charge in [-0.2, -0.15) is 0 Å². The fourth-order valence-corrected chi connectivity index (χ4v) is 5.13. The molecule has 7 heteroatoms. The molecule has 180 valence electrons. The van der Waals surface area contributed by atoms with Crippen molar-refractivity contribution < 1.29 is 24.2 Å². The van der Waals surface area contributed by atoms with Crippen molar-refractivity contribution in [3.05, 3.63) is 59.7 Å². The van der Waals surface area contributed by atoms with E-state index in [2.05, 4.69) is 34.9 Å². The zero-order valence-corrected chi connectivity index (χ0v) is 19.5. The molecule has 7 nitrogen and oxygen atoms in total. The highest BCUT2D eigenvalue weighted by atomic mass is 16.5. The van der Waals surface area contributed by atoms with Crippen LogP contribution in [0.25, 0.3) is 11.1 Å². The van der Waals surface area contributed by atoms with Gasteiger partial charge in [-0.15, -0.1) is 0 Å². The van der Waals surface area contributed by atoms with Gasteiger partial charge >= 0.3 is 12.1 Å². The summed E-state index contributed by atoms with van der Waals surface area (Å²) in [7, 11) is 0. The molecule has 0 saturated heterocycles. The molecule has 3 N–H and O–H groups in total. The van der Waals surface area contributed by atoms with Gasteiger partial charge in [-0.3, -0.25) is 9.59 Å². The van der Waals surface area contributed by atoms with Gasteiger partial charge in [-0.25, -0.2) is 4.79 Å². The van der Waals surface area contributed by atoms with Crippen molar-refractivity contribution in [3.8, 4) is 11.1 Å². The Morgan fingerprint density at radius 1 is 1.03 bits per heavy atom. The molecule has 3 atom stereocenters. The molecule has 0 aliphatic heterocycles. The number of fused-ring (bicyclic) bond motifs is 3. The fourth-order valence-electron chi connectivity index (χ4n) is 5.13. The molecular weight excluding hydrogens is 432 g/mol. The fraction of sp³-hybridized carbons (Fsp3) is 0.444. The van der Waals surface area contributed by atoms with Crippen molar-refractivity contribution in [3.63, 3.8) is 0 Å². The molecule has 2 aromatic carbocycles. The van der Waals surface area contributed by atoms with Crippen molar-refractivity contribution in [2.24, 2.45) is 11.8 Å². The second-order valence-electron chi connectivity index (χ2n) is 9.29. The van der Waals surface area contributed by atoms with E-state index in [1.54, 1.807) is 0 Å². The van der Waals surface area contributed by atoms with Crippen LogP contribution in [-0.4, -0.2) is 42.3 Å². The lowest BCUT2D eigenvalue weighted by atomic mass is 9.98. The van der Waals surface area contributed by atoms with E-state index in [1.807, 2.05) is 31.2 Å². The monoisotopic (exact) mass is 464 g/mol. The summed E-state index contributed by atoms with van der Waals surface area (Å²) in [6, 6.07) is 16.1. The number of ether oxygens (including phenoxy) is 1. The van der Waals surface area contributed by atoms with Crippen LogP contribution in [0.1, 0.15) is 56.1 Å². The van der Waals surface area contributed by atoms with Crippen LogP contribution in [0.4, 0.5) is 4.79 Å². The largest absolute Gasteiger partial charge is 0.481 e. The molecule has 4 rings (SSSR count). The van der Waals surface area contributed by atoms with Gasteiger partial charge in [0.2, 0.25) is 5.91 Å². The second kappa shape index (κ2) is 10.7. The van der Waals surface area contributed by atoms with E-state index in [9.17, 15) is 19.5 Å². The van der Waals surface area contributed by atoms with Crippen LogP contribution in [0, 0.1) is 11.8 Å². The average Bonchev–Trinajstić information content (AvgIpc) is 3.43. The molecule has 1 fully saturated rings. The van der Waals surface area contributed by atoms with Crippen LogP contribution in [0.2, 0.25) is 0 Å². The first-order chi connectivity index (χ1) is 16.5. The summed E-state index contributed by atoms with van der Waals surface area (Å²) < 4.78 is 5.53. The molecule has 2 amide bonds. The lowest BCUT2D eigenvalue weighted by Gasteiger charge is -2.20. The third kappa shape index (κ3) is 5.24. The van der Waals surface area contributed by atoms with Gasteiger partial charge in [0.1, 0.15) is 6.61 Å². The Morgan fingerprint density at radius 2 is 1.68 bits per heavy atom. The number of carboxylic acids is 1. The Labute approximate surface area is 199 Å². The first kappa shape index (κ1) is 23.8. The molecule has 1 saturated carbocycles. The van der Waals surface area contributed by atoms with Gasteiger partial charge in [0.15, 0.2) is 0 Å². The first-order valence-electron chi connectivity index (χ1n) is 12.1. The predicted octanol–water partition coefficient (Wildman–Crippen LogP) is 4.31. The summed E-state index contributed by atoms with van der Waals surface area (Å²) in [5, 5.41) is 14.9.